The van der Waals surface area contributed by atoms with Crippen LogP contribution in [0.2, 0.25) is 0 Å². The molecule has 0 heterocycles. The van der Waals surface area contributed by atoms with E-state index in [1.807, 2.05) is 60.9 Å². The maximum absolute atomic E-state index is 12.1. The minimum atomic E-state index is -0.832. The lowest BCUT2D eigenvalue weighted by Crippen LogP contribution is -2.52. The summed E-state index contributed by atoms with van der Waals surface area (Å²) >= 11 is 1.66. The van der Waals surface area contributed by atoms with Crippen LogP contribution in [0, 0.1) is 0 Å². The molecule has 0 bridgehead atoms. The van der Waals surface area contributed by atoms with Gasteiger partial charge in [0.05, 0.1) is 5.54 Å². The molecule has 0 spiro atoms. The average molecular weight is 465 g/mol. The molecule has 0 aromatic heterocycles. The zero-order valence-corrected chi connectivity index (χ0v) is 20.6. The zero-order chi connectivity index (χ0) is 23.9. The van der Waals surface area contributed by atoms with Crippen molar-refractivity contribution in [2.45, 2.75) is 31.8 Å². The second-order valence-corrected chi connectivity index (χ2v) is 8.61. The summed E-state index contributed by atoms with van der Waals surface area (Å²) in [7, 11) is 0. The minimum Gasteiger partial charge on any atom is -0.480 e. The molecule has 1 atom stereocenters. The average Bonchev–Trinajstić information content (AvgIpc) is 2.87. The molecule has 33 heavy (non-hydrogen) atoms. The molecular weight excluding hydrogens is 428 g/mol. The molecule has 4 nitrogen and oxygen atoms in total. The highest BCUT2D eigenvalue weighted by Crippen LogP contribution is 2.37. The van der Waals surface area contributed by atoms with Gasteiger partial charge in [-0.2, -0.15) is 11.8 Å². The molecular formula is C28H36N2O2S. The monoisotopic (exact) mass is 464 g/mol. The van der Waals surface area contributed by atoms with Gasteiger partial charge in [0.1, 0.15) is 6.04 Å². The number of rotatable bonds is 11. The summed E-state index contributed by atoms with van der Waals surface area (Å²) in [6.07, 6.45) is 2.54. The maximum atomic E-state index is 12.1. The van der Waals surface area contributed by atoms with Crippen molar-refractivity contribution in [1.29, 1.82) is 0 Å². The second kappa shape index (κ2) is 14.5. The van der Waals surface area contributed by atoms with Crippen molar-refractivity contribution in [3.05, 3.63) is 108 Å². The topological polar surface area (TPSA) is 61.4 Å². The summed E-state index contributed by atoms with van der Waals surface area (Å²) in [4.78, 5) is 12.1. The summed E-state index contributed by atoms with van der Waals surface area (Å²) in [6.45, 7) is 6.39. The van der Waals surface area contributed by atoms with Gasteiger partial charge in [0.15, 0.2) is 0 Å². The predicted molar refractivity (Wildman–Crippen MR) is 141 cm³/mol. The number of carbonyl (C=O) groups is 1. The molecule has 3 aromatic carbocycles. The van der Waals surface area contributed by atoms with E-state index in [0.717, 1.165) is 35.5 Å². The van der Waals surface area contributed by atoms with Crippen LogP contribution in [0.4, 0.5) is 0 Å². The van der Waals surface area contributed by atoms with Gasteiger partial charge >= 0.3 is 5.97 Å². The number of carboxylic acid groups (broad SMARTS) is 1. The van der Waals surface area contributed by atoms with Gasteiger partial charge in [-0.05, 0) is 48.2 Å². The first-order valence-corrected chi connectivity index (χ1v) is 12.9. The fraction of sp³-hybridized carbons (Fsp3) is 0.321. The van der Waals surface area contributed by atoms with Crippen molar-refractivity contribution in [1.82, 2.24) is 10.6 Å². The third-order valence-electron chi connectivity index (χ3n) is 5.42. The van der Waals surface area contributed by atoms with Gasteiger partial charge in [0.25, 0.3) is 0 Å². The van der Waals surface area contributed by atoms with E-state index in [-0.39, 0.29) is 0 Å². The van der Waals surface area contributed by atoms with Crippen LogP contribution < -0.4 is 10.6 Å². The Hall–Kier alpha value is -2.60. The van der Waals surface area contributed by atoms with E-state index < -0.39 is 17.6 Å². The van der Waals surface area contributed by atoms with E-state index >= 15 is 0 Å². The standard InChI is InChI=1S/C24H25NO2S.C4H11N/c1-28-18-17-22(23(26)27)25-24(19-11-5-2-6-12-19,20-13-7-3-8-14-20)21-15-9-4-10-16-21;1-3-5-4-2/h2-16,22,25H,17-18H2,1H3,(H,26,27);5H,3-4H2,1-2H3/t22-;/m0./s1. The predicted octanol–water partition coefficient (Wildman–Crippen LogP) is 5.39. The molecule has 176 valence electrons. The number of thioether (sulfide) groups is 1. The minimum absolute atomic E-state index is 0.546. The van der Waals surface area contributed by atoms with Crippen LogP contribution in [0.5, 0.6) is 0 Å². The Morgan fingerprint density at radius 2 is 1.21 bits per heavy atom. The van der Waals surface area contributed by atoms with Gasteiger partial charge < -0.3 is 10.4 Å². The lowest BCUT2D eigenvalue weighted by molar-refractivity contribution is -0.139. The number of aliphatic carboxylic acids is 1. The largest absolute Gasteiger partial charge is 0.480 e. The fourth-order valence-electron chi connectivity index (χ4n) is 3.82. The first kappa shape index (κ1) is 26.7. The molecule has 0 aliphatic heterocycles. The number of nitrogens with one attached hydrogen (secondary N) is 2. The van der Waals surface area contributed by atoms with Crippen molar-refractivity contribution < 1.29 is 9.90 Å². The van der Waals surface area contributed by atoms with Crippen LogP contribution in [0.15, 0.2) is 91.0 Å². The summed E-state index contributed by atoms with van der Waals surface area (Å²) in [5.74, 6) is -0.0560. The quantitative estimate of drug-likeness (QED) is 0.332. The zero-order valence-electron chi connectivity index (χ0n) is 19.8. The molecule has 0 aliphatic rings. The maximum Gasteiger partial charge on any atom is 0.320 e. The Bertz CT molecular complexity index is 822. The van der Waals surface area contributed by atoms with Crippen LogP contribution in [0.1, 0.15) is 37.0 Å². The van der Waals surface area contributed by atoms with Crippen LogP contribution in [0.3, 0.4) is 0 Å². The molecule has 0 amide bonds. The summed E-state index contributed by atoms with van der Waals surface area (Å²) in [5.41, 5.74) is 2.29. The Morgan fingerprint density at radius 3 is 1.48 bits per heavy atom. The van der Waals surface area contributed by atoms with Gasteiger partial charge in [0.2, 0.25) is 0 Å². The highest BCUT2D eigenvalue weighted by molar-refractivity contribution is 7.98. The molecule has 3 aromatic rings. The normalized spacial score (nSPS) is 11.8. The Labute approximate surface area is 202 Å². The summed E-state index contributed by atoms with van der Waals surface area (Å²) in [5, 5.41) is 16.6. The smallest absolute Gasteiger partial charge is 0.320 e. The molecule has 0 saturated carbocycles. The molecule has 3 N–H and O–H groups in total. The number of hydrogen-bond donors (Lipinski definition) is 3. The van der Waals surface area contributed by atoms with Crippen LogP contribution >= 0.6 is 11.8 Å². The fourth-order valence-corrected chi connectivity index (χ4v) is 4.29. The SMILES string of the molecule is CCNCC.CSCC[C@H](NC(c1ccccc1)(c1ccccc1)c1ccccc1)C(=O)O. The van der Waals surface area contributed by atoms with E-state index in [4.69, 9.17) is 0 Å². The van der Waals surface area contributed by atoms with Gasteiger partial charge in [-0.3, -0.25) is 10.1 Å². The highest BCUT2D eigenvalue weighted by atomic mass is 32.2. The molecule has 0 aliphatic carbocycles. The molecule has 0 radical (unpaired) electrons. The van der Waals surface area contributed by atoms with Gasteiger partial charge in [-0.15, -0.1) is 0 Å². The van der Waals surface area contributed by atoms with Gasteiger partial charge in [-0.25, -0.2) is 0 Å². The number of carboxylic acids is 1. The van der Waals surface area contributed by atoms with Crippen molar-refractivity contribution in [3.8, 4) is 0 Å². The van der Waals surface area contributed by atoms with E-state index in [2.05, 4.69) is 60.9 Å². The van der Waals surface area contributed by atoms with Gasteiger partial charge in [-0.1, -0.05) is 105 Å². The summed E-state index contributed by atoms with van der Waals surface area (Å²) < 4.78 is 0. The van der Waals surface area contributed by atoms with Crippen LogP contribution in [-0.4, -0.2) is 42.2 Å². The number of benzene rings is 3. The second-order valence-electron chi connectivity index (χ2n) is 7.62. The lowest BCUT2D eigenvalue weighted by Gasteiger charge is -2.39. The lowest BCUT2D eigenvalue weighted by atomic mass is 9.76. The number of hydrogen-bond acceptors (Lipinski definition) is 4. The molecule has 0 unspecified atom stereocenters. The molecule has 5 heteroatoms. The molecule has 3 rings (SSSR count). The van der Waals surface area contributed by atoms with Gasteiger partial charge in [0, 0.05) is 0 Å². The summed E-state index contributed by atoms with van der Waals surface area (Å²) in [6, 6.07) is 29.6. The van der Waals surface area contributed by atoms with E-state index in [0.29, 0.717) is 6.42 Å². The van der Waals surface area contributed by atoms with Crippen molar-refractivity contribution in [2.75, 3.05) is 25.1 Å². The Kier molecular flexibility index (Phi) is 11.7. The van der Waals surface area contributed by atoms with E-state index in [9.17, 15) is 9.90 Å². The first-order chi connectivity index (χ1) is 16.1. The third-order valence-corrected chi connectivity index (χ3v) is 6.06. The third kappa shape index (κ3) is 7.46. The van der Waals surface area contributed by atoms with Crippen LogP contribution in [0.25, 0.3) is 0 Å². The van der Waals surface area contributed by atoms with Crippen LogP contribution in [-0.2, 0) is 10.3 Å². The molecule has 0 fully saturated rings. The van der Waals surface area contributed by atoms with Crippen molar-refractivity contribution in [2.24, 2.45) is 0 Å². The highest BCUT2D eigenvalue weighted by Gasteiger charge is 2.39. The van der Waals surface area contributed by atoms with Crippen molar-refractivity contribution >= 4 is 17.7 Å². The van der Waals surface area contributed by atoms with E-state index in [1.165, 1.54) is 0 Å². The Morgan fingerprint density at radius 1 is 0.818 bits per heavy atom. The Balaban J connectivity index is 0.000000696. The molecule has 0 saturated heterocycles. The van der Waals surface area contributed by atoms with Crippen molar-refractivity contribution in [3.63, 3.8) is 0 Å². The first-order valence-electron chi connectivity index (χ1n) is 11.5. The van der Waals surface area contributed by atoms with E-state index in [1.54, 1.807) is 11.8 Å².